The normalized spacial score (nSPS) is 18.5. The van der Waals surface area contributed by atoms with Gasteiger partial charge in [0, 0.05) is 6.54 Å². The molecule has 0 aliphatic heterocycles. The first-order chi connectivity index (χ1) is 15.7. The second-order valence-corrected chi connectivity index (χ2v) is 8.20. The molecule has 2 N–H and O–H groups in total. The lowest BCUT2D eigenvalue weighted by Crippen LogP contribution is -2.40. The minimum Gasteiger partial charge on any atom is -0.480 e. The first-order valence-corrected chi connectivity index (χ1v) is 10.8. The summed E-state index contributed by atoms with van der Waals surface area (Å²) >= 11 is 0. The topological polar surface area (TPSA) is 78.9 Å². The largest absolute Gasteiger partial charge is 0.480 e. The molecule has 0 bridgehead atoms. The summed E-state index contributed by atoms with van der Waals surface area (Å²) in [5.74, 6) is -0.457. The highest BCUT2D eigenvalue weighted by molar-refractivity contribution is 5.99. The second kappa shape index (κ2) is 11.2. The molecule has 9 heteroatoms. The predicted molar refractivity (Wildman–Crippen MR) is 117 cm³/mol. The molecule has 0 saturated heterocycles. The van der Waals surface area contributed by atoms with Crippen molar-refractivity contribution in [3.8, 4) is 0 Å². The van der Waals surface area contributed by atoms with Gasteiger partial charge in [-0.25, -0.2) is 9.59 Å². The van der Waals surface area contributed by atoms with Gasteiger partial charge in [-0.1, -0.05) is 24.3 Å². The molecule has 3 rings (SSSR count). The van der Waals surface area contributed by atoms with Gasteiger partial charge in [-0.15, -0.1) is 0 Å². The van der Waals surface area contributed by atoms with E-state index < -0.39 is 23.7 Å². The number of alkyl halides is 3. The number of ether oxygens (including phenoxy) is 1. The van der Waals surface area contributed by atoms with Crippen LogP contribution in [0.15, 0.2) is 54.6 Å². The minimum absolute atomic E-state index is 0.132. The maximum atomic E-state index is 13.2. The zero-order chi connectivity index (χ0) is 23.8. The fraction of sp³-hybridized carbons (Fsp3) is 0.417. The summed E-state index contributed by atoms with van der Waals surface area (Å²) in [5, 5.41) is 11.5. The Bertz CT molecular complexity index is 929. The van der Waals surface area contributed by atoms with Crippen LogP contribution in [-0.4, -0.2) is 36.9 Å². The number of anilines is 2. The number of para-hydroxylation sites is 1. The molecule has 1 saturated carbocycles. The van der Waals surface area contributed by atoms with Gasteiger partial charge in [0.25, 0.3) is 0 Å². The Labute approximate surface area is 190 Å². The quantitative estimate of drug-likeness (QED) is 0.544. The number of urea groups is 1. The zero-order valence-corrected chi connectivity index (χ0v) is 18.1. The van der Waals surface area contributed by atoms with Crippen LogP contribution in [0.1, 0.15) is 31.2 Å². The van der Waals surface area contributed by atoms with Crippen LogP contribution in [0.25, 0.3) is 0 Å². The number of aliphatic carboxylic acids is 1. The third kappa shape index (κ3) is 7.21. The fourth-order valence-corrected chi connectivity index (χ4v) is 4.01. The Morgan fingerprint density at radius 3 is 2.24 bits per heavy atom. The first-order valence-electron chi connectivity index (χ1n) is 10.8. The van der Waals surface area contributed by atoms with Crippen LogP contribution in [0.3, 0.4) is 0 Å². The Hall–Kier alpha value is -3.07. The van der Waals surface area contributed by atoms with Crippen molar-refractivity contribution in [2.45, 2.75) is 31.9 Å². The molecule has 0 radical (unpaired) electrons. The van der Waals surface area contributed by atoms with Crippen molar-refractivity contribution in [3.63, 3.8) is 0 Å². The van der Waals surface area contributed by atoms with E-state index in [2.05, 4.69) is 5.32 Å². The van der Waals surface area contributed by atoms with E-state index in [9.17, 15) is 22.8 Å². The van der Waals surface area contributed by atoms with E-state index in [1.54, 1.807) is 30.3 Å². The van der Waals surface area contributed by atoms with Crippen LogP contribution in [0.2, 0.25) is 0 Å². The summed E-state index contributed by atoms with van der Waals surface area (Å²) in [5.41, 5.74) is -0.224. The summed E-state index contributed by atoms with van der Waals surface area (Å²) in [6, 6.07) is 12.8. The Morgan fingerprint density at radius 2 is 1.61 bits per heavy atom. The van der Waals surface area contributed by atoms with E-state index in [-0.39, 0.29) is 18.2 Å². The van der Waals surface area contributed by atoms with Crippen LogP contribution in [0.4, 0.5) is 29.3 Å². The minimum atomic E-state index is -4.51. The summed E-state index contributed by atoms with van der Waals surface area (Å²) in [6.45, 7) is 0.507. The third-order valence-electron chi connectivity index (χ3n) is 5.74. The molecular formula is C24H27F3N2O4. The number of hydrogen-bond acceptors (Lipinski definition) is 3. The summed E-state index contributed by atoms with van der Waals surface area (Å²) in [7, 11) is 0. The van der Waals surface area contributed by atoms with E-state index >= 15 is 0 Å². The van der Waals surface area contributed by atoms with E-state index in [4.69, 9.17) is 9.84 Å². The fourth-order valence-electron chi connectivity index (χ4n) is 4.01. The standard InChI is InChI=1S/C24H27F3N2O4/c25-24(26,27)19-5-4-8-21(13-19)29(20-6-2-1-3-7-20)23(32)28-14-17-9-11-18(12-10-17)15-33-16-22(30)31/h1-8,13,17-18H,9-12,14-16H2,(H,28,32)(H,30,31)/t17-,18-. The smallest absolute Gasteiger partial charge is 0.416 e. The van der Waals surface area contributed by atoms with Crippen LogP contribution in [0, 0.1) is 11.8 Å². The molecule has 0 aromatic heterocycles. The number of amides is 2. The lowest BCUT2D eigenvalue weighted by atomic mass is 9.82. The molecule has 178 valence electrons. The van der Waals surface area contributed by atoms with Crippen molar-refractivity contribution < 1.29 is 32.6 Å². The van der Waals surface area contributed by atoms with Gasteiger partial charge in [-0.05, 0) is 67.9 Å². The van der Waals surface area contributed by atoms with Crippen molar-refractivity contribution in [1.82, 2.24) is 5.32 Å². The Balaban J connectivity index is 1.62. The lowest BCUT2D eigenvalue weighted by molar-refractivity contribution is -0.143. The maximum Gasteiger partial charge on any atom is 0.416 e. The number of benzene rings is 2. The van der Waals surface area contributed by atoms with E-state index in [1.165, 1.54) is 17.0 Å². The van der Waals surface area contributed by atoms with E-state index in [0.717, 1.165) is 37.8 Å². The Kier molecular flexibility index (Phi) is 8.32. The summed E-state index contributed by atoms with van der Waals surface area (Å²) < 4.78 is 44.8. The SMILES string of the molecule is O=C(O)COC[C@H]1CC[C@H](CNC(=O)N(c2ccccc2)c2cccc(C(F)(F)F)c2)CC1. The number of rotatable bonds is 8. The number of halogens is 3. The monoisotopic (exact) mass is 464 g/mol. The number of carboxylic acids is 1. The summed E-state index contributed by atoms with van der Waals surface area (Å²) in [6.07, 6.45) is -1.05. The molecule has 1 aliphatic carbocycles. The van der Waals surface area contributed by atoms with Gasteiger partial charge in [-0.2, -0.15) is 13.2 Å². The number of carbonyl (C=O) groups excluding carboxylic acids is 1. The zero-order valence-electron chi connectivity index (χ0n) is 18.1. The van der Waals surface area contributed by atoms with Gasteiger partial charge in [0.2, 0.25) is 0 Å². The van der Waals surface area contributed by atoms with Gasteiger partial charge in [0.1, 0.15) is 6.61 Å². The molecule has 0 heterocycles. The molecule has 33 heavy (non-hydrogen) atoms. The van der Waals surface area contributed by atoms with Gasteiger partial charge in [0.15, 0.2) is 0 Å². The second-order valence-electron chi connectivity index (χ2n) is 8.20. The van der Waals surface area contributed by atoms with Crippen molar-refractivity contribution in [3.05, 3.63) is 60.2 Å². The van der Waals surface area contributed by atoms with Crippen LogP contribution in [-0.2, 0) is 15.7 Å². The van der Waals surface area contributed by atoms with Gasteiger partial charge in [-0.3, -0.25) is 4.90 Å². The molecule has 0 spiro atoms. The molecule has 2 aromatic rings. The molecule has 0 atom stereocenters. The number of carboxylic acid groups (broad SMARTS) is 1. The highest BCUT2D eigenvalue weighted by Crippen LogP contribution is 2.34. The lowest BCUT2D eigenvalue weighted by Gasteiger charge is -2.30. The van der Waals surface area contributed by atoms with Crippen molar-refractivity contribution in [2.75, 3.05) is 24.7 Å². The number of hydrogen-bond donors (Lipinski definition) is 2. The Morgan fingerprint density at radius 1 is 0.970 bits per heavy atom. The molecule has 2 aromatic carbocycles. The van der Waals surface area contributed by atoms with Crippen LogP contribution < -0.4 is 10.2 Å². The highest BCUT2D eigenvalue weighted by atomic mass is 19.4. The average molecular weight is 464 g/mol. The third-order valence-corrected chi connectivity index (χ3v) is 5.74. The first kappa shape index (κ1) is 24.6. The number of carbonyl (C=O) groups is 2. The van der Waals surface area contributed by atoms with E-state index in [1.807, 2.05) is 0 Å². The van der Waals surface area contributed by atoms with E-state index in [0.29, 0.717) is 24.8 Å². The average Bonchev–Trinajstić information content (AvgIpc) is 2.79. The molecule has 2 amide bonds. The van der Waals surface area contributed by atoms with Crippen molar-refractivity contribution in [1.29, 1.82) is 0 Å². The molecule has 1 fully saturated rings. The predicted octanol–water partition coefficient (Wildman–Crippen LogP) is 5.46. The number of nitrogens with one attached hydrogen (secondary N) is 1. The summed E-state index contributed by atoms with van der Waals surface area (Å²) in [4.78, 5) is 24.9. The highest BCUT2D eigenvalue weighted by Gasteiger charge is 2.31. The van der Waals surface area contributed by atoms with Crippen LogP contribution >= 0.6 is 0 Å². The van der Waals surface area contributed by atoms with Gasteiger partial charge >= 0.3 is 18.2 Å². The van der Waals surface area contributed by atoms with Gasteiger partial charge in [0.05, 0.1) is 23.5 Å². The maximum absolute atomic E-state index is 13.2. The molecule has 1 aliphatic rings. The molecule has 6 nitrogen and oxygen atoms in total. The number of nitrogens with zero attached hydrogens (tertiary/aromatic N) is 1. The van der Waals surface area contributed by atoms with Crippen LogP contribution in [0.5, 0.6) is 0 Å². The van der Waals surface area contributed by atoms with Crippen molar-refractivity contribution >= 4 is 23.4 Å². The molecular weight excluding hydrogens is 437 g/mol. The van der Waals surface area contributed by atoms with Crippen molar-refractivity contribution in [2.24, 2.45) is 11.8 Å². The van der Waals surface area contributed by atoms with Gasteiger partial charge < -0.3 is 15.2 Å². The molecule has 0 unspecified atom stereocenters.